The van der Waals surface area contributed by atoms with E-state index in [0.29, 0.717) is 17.6 Å². The molecule has 1 aromatic carbocycles. The van der Waals surface area contributed by atoms with Gasteiger partial charge >= 0.3 is 0 Å². The number of halogens is 1. The van der Waals surface area contributed by atoms with Gasteiger partial charge in [0, 0.05) is 53.2 Å². The summed E-state index contributed by atoms with van der Waals surface area (Å²) in [5.41, 5.74) is 2.53. The van der Waals surface area contributed by atoms with Crippen molar-refractivity contribution in [1.29, 1.82) is 0 Å². The summed E-state index contributed by atoms with van der Waals surface area (Å²) < 4.78 is 2.02. The number of pyridine rings is 2. The molecule has 0 aliphatic heterocycles. The average Bonchev–Trinajstić information content (AvgIpc) is 3.52. The van der Waals surface area contributed by atoms with Gasteiger partial charge in [-0.15, -0.1) is 0 Å². The molecule has 0 bridgehead atoms. The molecule has 2 aromatic heterocycles. The van der Waals surface area contributed by atoms with Gasteiger partial charge in [0.1, 0.15) is 0 Å². The molecule has 4 rings (SSSR count). The smallest absolute Gasteiger partial charge is 0.223 e. The molecule has 6 nitrogen and oxygen atoms in total. The highest BCUT2D eigenvalue weighted by molar-refractivity contribution is 6.31. The third-order valence-corrected chi connectivity index (χ3v) is 5.18. The van der Waals surface area contributed by atoms with Crippen molar-refractivity contribution < 1.29 is 5.11 Å². The Bertz CT molecular complexity index is 1050. The Morgan fingerprint density at radius 2 is 2.07 bits per heavy atom. The highest BCUT2D eigenvalue weighted by Gasteiger charge is 2.25. The van der Waals surface area contributed by atoms with E-state index in [4.69, 9.17) is 11.6 Å². The summed E-state index contributed by atoms with van der Waals surface area (Å²) in [6, 6.07) is 9.63. The zero-order chi connectivity index (χ0) is 19.5. The molecule has 0 radical (unpaired) electrons. The summed E-state index contributed by atoms with van der Waals surface area (Å²) in [6.07, 6.45) is 6.48. The fourth-order valence-corrected chi connectivity index (χ4v) is 3.51. The number of benzene rings is 1. The van der Waals surface area contributed by atoms with Gasteiger partial charge in [-0.1, -0.05) is 11.6 Å². The number of aromatic nitrogens is 2. The van der Waals surface area contributed by atoms with Crippen molar-refractivity contribution in [2.24, 2.45) is 0 Å². The summed E-state index contributed by atoms with van der Waals surface area (Å²) in [4.78, 5) is 16.1. The fourth-order valence-electron chi connectivity index (χ4n) is 3.34. The number of fused-ring (bicyclic) bond motifs is 1. The molecule has 0 atom stereocenters. The van der Waals surface area contributed by atoms with Gasteiger partial charge in [0.05, 0.1) is 11.7 Å². The van der Waals surface area contributed by atoms with Crippen molar-refractivity contribution in [3.63, 3.8) is 0 Å². The molecule has 28 heavy (non-hydrogen) atoms. The number of rotatable bonds is 8. The molecule has 1 aliphatic carbocycles. The summed E-state index contributed by atoms with van der Waals surface area (Å²) in [7, 11) is 0. The van der Waals surface area contributed by atoms with Gasteiger partial charge in [-0.25, -0.2) is 0 Å². The second-order valence-electron chi connectivity index (χ2n) is 7.13. The molecule has 0 spiro atoms. The molecular formula is C21H23ClN4O2. The molecule has 3 N–H and O–H groups in total. The highest BCUT2D eigenvalue weighted by atomic mass is 35.5. The van der Waals surface area contributed by atoms with Crippen molar-refractivity contribution in [2.75, 3.05) is 18.4 Å². The standard InChI is InChI=1S/C21H23ClN4O2/c22-14-2-5-17-18(6-9-25-19(17)10-14)24-8-1-7-23-12-16-11-20(27)21(28)13-26(16)15-3-4-15/h2,5-6,9-11,13,15,23,28H,1,3-4,7-8,12H2,(H,24,25). The van der Waals surface area contributed by atoms with Crippen molar-refractivity contribution in [1.82, 2.24) is 14.9 Å². The Morgan fingerprint density at radius 3 is 2.89 bits per heavy atom. The minimum atomic E-state index is -0.319. The molecule has 0 saturated heterocycles. The first-order valence-corrected chi connectivity index (χ1v) is 9.92. The van der Waals surface area contributed by atoms with E-state index in [-0.39, 0.29) is 11.2 Å². The Morgan fingerprint density at radius 1 is 1.21 bits per heavy atom. The van der Waals surface area contributed by atoms with Gasteiger partial charge in [0.25, 0.3) is 0 Å². The lowest BCUT2D eigenvalue weighted by molar-refractivity contribution is 0.457. The lowest BCUT2D eigenvalue weighted by Crippen LogP contribution is -2.22. The van der Waals surface area contributed by atoms with Crippen LogP contribution in [0.25, 0.3) is 10.9 Å². The molecular weight excluding hydrogens is 376 g/mol. The maximum absolute atomic E-state index is 11.7. The normalized spacial score (nSPS) is 13.8. The number of nitrogens with zero attached hydrogens (tertiary/aromatic N) is 2. The Labute approximate surface area is 168 Å². The van der Waals surface area contributed by atoms with Crippen LogP contribution in [0.3, 0.4) is 0 Å². The SMILES string of the molecule is O=c1cc(CNCCCNc2ccnc3cc(Cl)ccc23)n(C2CC2)cc1O. The second-order valence-corrected chi connectivity index (χ2v) is 7.57. The highest BCUT2D eigenvalue weighted by Crippen LogP contribution is 2.36. The van der Waals surface area contributed by atoms with Gasteiger partial charge < -0.3 is 20.3 Å². The molecule has 0 amide bonds. The van der Waals surface area contributed by atoms with Crippen LogP contribution in [0.4, 0.5) is 5.69 Å². The summed E-state index contributed by atoms with van der Waals surface area (Å²) >= 11 is 6.03. The van der Waals surface area contributed by atoms with Gasteiger partial charge in [0.2, 0.25) is 5.43 Å². The Kier molecular flexibility index (Phi) is 5.50. The maximum atomic E-state index is 11.7. The summed E-state index contributed by atoms with van der Waals surface area (Å²) in [5.74, 6) is -0.175. The molecule has 1 saturated carbocycles. The predicted molar refractivity (Wildman–Crippen MR) is 112 cm³/mol. The quantitative estimate of drug-likeness (QED) is 0.504. The van der Waals surface area contributed by atoms with Crippen LogP contribution in [0.5, 0.6) is 5.75 Å². The minimum Gasteiger partial charge on any atom is -0.503 e. The lowest BCUT2D eigenvalue weighted by Gasteiger charge is -2.14. The van der Waals surface area contributed by atoms with Crippen LogP contribution in [0, 0.1) is 0 Å². The maximum Gasteiger partial charge on any atom is 0.223 e. The Hall–Kier alpha value is -2.57. The van der Waals surface area contributed by atoms with E-state index < -0.39 is 0 Å². The molecule has 1 aliphatic rings. The van der Waals surface area contributed by atoms with Crippen LogP contribution in [-0.2, 0) is 6.54 Å². The Balaban J connectivity index is 1.28. The van der Waals surface area contributed by atoms with Crippen LogP contribution in [0.1, 0.15) is 31.0 Å². The molecule has 3 aromatic rings. The van der Waals surface area contributed by atoms with Crippen molar-refractivity contribution in [2.45, 2.75) is 31.8 Å². The van der Waals surface area contributed by atoms with Crippen molar-refractivity contribution in [3.8, 4) is 5.75 Å². The third-order valence-electron chi connectivity index (χ3n) is 4.94. The second kappa shape index (κ2) is 8.20. The van der Waals surface area contributed by atoms with Gasteiger partial charge in [-0.05, 0) is 50.1 Å². The first-order valence-electron chi connectivity index (χ1n) is 9.55. The minimum absolute atomic E-state index is 0.175. The number of nitrogens with one attached hydrogen (secondary N) is 2. The van der Waals surface area contributed by atoms with E-state index in [0.717, 1.165) is 54.6 Å². The van der Waals surface area contributed by atoms with Crippen LogP contribution in [-0.4, -0.2) is 27.7 Å². The van der Waals surface area contributed by atoms with Crippen molar-refractivity contribution >= 4 is 28.2 Å². The van der Waals surface area contributed by atoms with Crippen LogP contribution >= 0.6 is 11.6 Å². The molecule has 2 heterocycles. The van der Waals surface area contributed by atoms with E-state index in [1.165, 1.54) is 6.07 Å². The van der Waals surface area contributed by atoms with E-state index >= 15 is 0 Å². The molecule has 146 valence electrons. The molecule has 0 unspecified atom stereocenters. The number of aromatic hydroxyl groups is 1. The first-order chi connectivity index (χ1) is 13.6. The topological polar surface area (TPSA) is 79.2 Å². The average molecular weight is 399 g/mol. The zero-order valence-electron chi connectivity index (χ0n) is 15.5. The van der Waals surface area contributed by atoms with Gasteiger partial charge in [-0.2, -0.15) is 0 Å². The van der Waals surface area contributed by atoms with Gasteiger partial charge in [0.15, 0.2) is 5.75 Å². The van der Waals surface area contributed by atoms with E-state index in [2.05, 4.69) is 15.6 Å². The molecule has 7 heteroatoms. The number of hydrogen-bond acceptors (Lipinski definition) is 5. The number of anilines is 1. The predicted octanol–water partition coefficient (Wildman–Crippen LogP) is 3.68. The monoisotopic (exact) mass is 398 g/mol. The summed E-state index contributed by atoms with van der Waals surface area (Å²) in [6.45, 7) is 2.25. The van der Waals surface area contributed by atoms with E-state index in [1.54, 1.807) is 12.4 Å². The third kappa shape index (κ3) is 4.29. The lowest BCUT2D eigenvalue weighted by atomic mass is 10.2. The molecule has 1 fully saturated rings. The van der Waals surface area contributed by atoms with Crippen LogP contribution < -0.4 is 16.1 Å². The van der Waals surface area contributed by atoms with E-state index in [9.17, 15) is 9.90 Å². The largest absolute Gasteiger partial charge is 0.503 e. The first kappa shape index (κ1) is 18.8. The van der Waals surface area contributed by atoms with Crippen molar-refractivity contribution in [3.05, 3.63) is 63.7 Å². The van der Waals surface area contributed by atoms with E-state index in [1.807, 2.05) is 28.8 Å². The summed E-state index contributed by atoms with van der Waals surface area (Å²) in [5, 5.41) is 18.2. The zero-order valence-corrected chi connectivity index (χ0v) is 16.2. The fraction of sp³-hybridized carbons (Fsp3) is 0.333. The van der Waals surface area contributed by atoms with Crippen LogP contribution in [0.15, 0.2) is 47.5 Å². The van der Waals surface area contributed by atoms with Gasteiger partial charge in [-0.3, -0.25) is 9.78 Å². The number of hydrogen-bond donors (Lipinski definition) is 3. The van der Waals surface area contributed by atoms with Crippen LogP contribution in [0.2, 0.25) is 5.02 Å².